The van der Waals surface area contributed by atoms with Gasteiger partial charge in [0.05, 0.1) is 0 Å². The van der Waals surface area contributed by atoms with Crippen LogP contribution in [-0.2, 0) is 0 Å². The number of hydrogen-bond acceptors (Lipinski definition) is 3. The van der Waals surface area contributed by atoms with Gasteiger partial charge in [0, 0.05) is 10.4 Å². The molecule has 0 radical (unpaired) electrons. The summed E-state index contributed by atoms with van der Waals surface area (Å²) < 4.78 is 0.634. The molecule has 0 aliphatic rings. The highest BCUT2D eigenvalue weighted by atomic mass is 35.5. The van der Waals surface area contributed by atoms with Crippen molar-refractivity contribution in [1.29, 1.82) is 0 Å². The van der Waals surface area contributed by atoms with Crippen LogP contribution >= 0.6 is 11.6 Å². The predicted molar refractivity (Wildman–Crippen MR) is 57.7 cm³/mol. The van der Waals surface area contributed by atoms with Crippen LogP contribution in [0.5, 0.6) is 0 Å². The van der Waals surface area contributed by atoms with Crippen molar-refractivity contribution in [1.82, 2.24) is 0 Å². The first-order valence-corrected chi connectivity index (χ1v) is 4.75. The van der Waals surface area contributed by atoms with Gasteiger partial charge in [-0.25, -0.2) is 4.79 Å². The average Bonchev–Trinajstić information content (AvgIpc) is 2.22. The number of benzene rings is 1. The lowest BCUT2D eigenvalue weighted by molar-refractivity contribution is -0.873. The zero-order valence-corrected chi connectivity index (χ0v) is 8.77. The maximum absolute atomic E-state index is 10.9. The summed E-state index contributed by atoms with van der Waals surface area (Å²) in [6.07, 6.45) is 0. The molecule has 4 N–H and O–H groups in total. The van der Waals surface area contributed by atoms with Gasteiger partial charge in [0.1, 0.15) is 0 Å². The van der Waals surface area contributed by atoms with E-state index in [1.165, 1.54) is 6.07 Å². The third kappa shape index (κ3) is 1.51. The second-order valence-corrected chi connectivity index (χ2v) is 3.70. The van der Waals surface area contributed by atoms with Gasteiger partial charge >= 0.3 is 11.8 Å². The fourth-order valence-corrected chi connectivity index (χ4v) is 1.66. The van der Waals surface area contributed by atoms with Crippen molar-refractivity contribution in [3.63, 3.8) is 0 Å². The minimum Gasteiger partial charge on any atom is -0.477 e. The van der Waals surface area contributed by atoms with Crippen LogP contribution in [0, 0.1) is 0 Å². The van der Waals surface area contributed by atoms with Crippen LogP contribution in [0.4, 0.5) is 5.82 Å². The summed E-state index contributed by atoms with van der Waals surface area (Å²) >= 11 is 5.77. The molecule has 0 unspecified atom stereocenters. The zero-order chi connectivity index (χ0) is 11.9. The van der Waals surface area contributed by atoms with E-state index in [9.17, 15) is 10.0 Å². The number of anilines is 1. The SMILES string of the molecule is Nc1c(C(=O)O)cc2cc(Cl)ccc2[n+]1O. The van der Waals surface area contributed by atoms with E-state index in [0.29, 0.717) is 20.7 Å². The summed E-state index contributed by atoms with van der Waals surface area (Å²) in [7, 11) is 0. The van der Waals surface area contributed by atoms with Crippen molar-refractivity contribution in [3.8, 4) is 0 Å². The molecular formula is C10H8ClN2O3+. The molecule has 0 saturated carbocycles. The number of nitrogens with two attached hydrogens (primary N) is 1. The number of fused-ring (bicyclic) bond motifs is 1. The highest BCUT2D eigenvalue weighted by Crippen LogP contribution is 2.20. The molecule has 0 fully saturated rings. The molecular weight excluding hydrogens is 232 g/mol. The Morgan fingerprint density at radius 3 is 2.69 bits per heavy atom. The smallest absolute Gasteiger partial charge is 0.344 e. The summed E-state index contributed by atoms with van der Waals surface area (Å²) in [4.78, 5) is 10.9. The van der Waals surface area contributed by atoms with E-state index in [0.717, 1.165) is 0 Å². The molecule has 5 nitrogen and oxygen atoms in total. The summed E-state index contributed by atoms with van der Waals surface area (Å²) in [5.74, 6) is -1.43. The Bertz CT molecular complexity index is 598. The molecule has 82 valence electrons. The van der Waals surface area contributed by atoms with Crippen LogP contribution in [0.1, 0.15) is 10.4 Å². The standard InChI is InChI=1S/C10H7ClN2O3/c11-6-1-2-8-5(3-6)4-7(10(14)15)9(12)13(8)16/h1-4,12,16H,(H,14,15)/p+1. The Morgan fingerprint density at radius 2 is 2.06 bits per heavy atom. The van der Waals surface area contributed by atoms with Crippen molar-refractivity contribution in [2.24, 2.45) is 0 Å². The van der Waals surface area contributed by atoms with Crippen molar-refractivity contribution < 1.29 is 19.8 Å². The number of carboxylic acid groups (broad SMARTS) is 1. The molecule has 0 amide bonds. The fraction of sp³-hybridized carbons (Fsp3) is 0. The highest BCUT2D eigenvalue weighted by Gasteiger charge is 2.20. The number of nitrogens with zero attached hydrogens (tertiary/aromatic N) is 1. The van der Waals surface area contributed by atoms with Gasteiger partial charge in [-0.2, -0.15) is 0 Å². The minimum absolute atomic E-state index is 0.169. The lowest BCUT2D eigenvalue weighted by Crippen LogP contribution is -2.36. The largest absolute Gasteiger partial charge is 0.477 e. The van der Waals surface area contributed by atoms with Crippen LogP contribution in [-0.4, -0.2) is 16.3 Å². The number of rotatable bonds is 1. The van der Waals surface area contributed by atoms with E-state index in [-0.39, 0.29) is 11.4 Å². The van der Waals surface area contributed by atoms with Gasteiger partial charge in [-0.05, 0) is 29.0 Å². The van der Waals surface area contributed by atoms with Crippen molar-refractivity contribution in [2.45, 2.75) is 0 Å². The second-order valence-electron chi connectivity index (χ2n) is 3.26. The third-order valence-electron chi connectivity index (χ3n) is 2.25. The summed E-state index contributed by atoms with van der Waals surface area (Å²) in [5, 5.41) is 19.5. The van der Waals surface area contributed by atoms with Gasteiger partial charge < -0.3 is 10.3 Å². The van der Waals surface area contributed by atoms with E-state index < -0.39 is 5.97 Å². The molecule has 2 aromatic rings. The molecule has 0 spiro atoms. The Hall–Kier alpha value is -2.01. The lowest BCUT2D eigenvalue weighted by Gasteiger charge is -2.03. The first-order chi connectivity index (χ1) is 7.50. The maximum Gasteiger partial charge on any atom is 0.344 e. The maximum atomic E-state index is 10.9. The Kier molecular flexibility index (Phi) is 2.32. The molecule has 1 aromatic carbocycles. The van der Waals surface area contributed by atoms with Crippen molar-refractivity contribution in [2.75, 3.05) is 5.73 Å². The van der Waals surface area contributed by atoms with E-state index in [1.54, 1.807) is 18.2 Å². The molecule has 0 aliphatic heterocycles. The summed E-state index contributed by atoms with van der Waals surface area (Å²) in [6, 6.07) is 6.05. The van der Waals surface area contributed by atoms with Crippen LogP contribution in [0.25, 0.3) is 10.9 Å². The van der Waals surface area contributed by atoms with Gasteiger partial charge in [-0.3, -0.25) is 5.73 Å². The minimum atomic E-state index is -1.21. The molecule has 0 aliphatic carbocycles. The average molecular weight is 240 g/mol. The molecule has 1 aromatic heterocycles. The third-order valence-corrected chi connectivity index (χ3v) is 2.49. The Morgan fingerprint density at radius 1 is 1.38 bits per heavy atom. The molecule has 16 heavy (non-hydrogen) atoms. The number of hydrogen-bond donors (Lipinski definition) is 3. The van der Waals surface area contributed by atoms with Gasteiger partial charge in [-0.1, -0.05) is 11.6 Å². The van der Waals surface area contributed by atoms with Crippen LogP contribution < -0.4 is 10.5 Å². The number of nitrogen functional groups attached to an aromatic ring is 1. The molecule has 0 bridgehead atoms. The number of pyridine rings is 1. The quantitative estimate of drug-likeness (QED) is 0.517. The van der Waals surface area contributed by atoms with Gasteiger partial charge in [0.25, 0.3) is 0 Å². The normalized spacial score (nSPS) is 10.6. The summed E-state index contributed by atoms with van der Waals surface area (Å²) in [6.45, 7) is 0. The van der Waals surface area contributed by atoms with Gasteiger partial charge in [-0.15, -0.1) is 0 Å². The second kappa shape index (κ2) is 3.53. The zero-order valence-electron chi connectivity index (χ0n) is 8.01. The fourth-order valence-electron chi connectivity index (χ4n) is 1.48. The van der Waals surface area contributed by atoms with Crippen LogP contribution in [0.3, 0.4) is 0 Å². The lowest BCUT2D eigenvalue weighted by atomic mass is 10.1. The van der Waals surface area contributed by atoms with Crippen LogP contribution in [0.2, 0.25) is 5.02 Å². The summed E-state index contributed by atoms with van der Waals surface area (Å²) in [5.41, 5.74) is 5.71. The van der Waals surface area contributed by atoms with Gasteiger partial charge in [0.15, 0.2) is 11.1 Å². The highest BCUT2D eigenvalue weighted by molar-refractivity contribution is 6.31. The first-order valence-electron chi connectivity index (χ1n) is 4.37. The van der Waals surface area contributed by atoms with E-state index in [2.05, 4.69) is 0 Å². The molecule has 2 rings (SSSR count). The monoisotopic (exact) mass is 239 g/mol. The number of aromatic nitrogens is 1. The molecule has 1 heterocycles. The predicted octanol–water partition coefficient (Wildman–Crippen LogP) is 1.30. The van der Waals surface area contributed by atoms with Crippen LogP contribution in [0.15, 0.2) is 24.3 Å². The first kappa shape index (κ1) is 10.5. The number of carbonyl (C=O) groups is 1. The van der Waals surface area contributed by atoms with Gasteiger partial charge in [0.2, 0.25) is 0 Å². The van der Waals surface area contributed by atoms with Crippen molar-refractivity contribution >= 4 is 34.3 Å². The Balaban J connectivity index is 2.88. The van der Waals surface area contributed by atoms with Crippen molar-refractivity contribution in [3.05, 3.63) is 34.9 Å². The number of carboxylic acids is 1. The molecule has 6 heteroatoms. The number of aromatic carboxylic acids is 1. The number of halogens is 1. The molecule has 0 saturated heterocycles. The molecule has 0 atom stereocenters. The van der Waals surface area contributed by atoms with E-state index in [4.69, 9.17) is 22.4 Å². The van der Waals surface area contributed by atoms with E-state index in [1.807, 2.05) is 0 Å². The van der Waals surface area contributed by atoms with E-state index >= 15 is 0 Å². The topological polar surface area (TPSA) is 87.4 Å². The Labute approximate surface area is 95.3 Å².